The Kier molecular flexibility index (Phi) is 6.56. The van der Waals surface area contributed by atoms with E-state index in [0.29, 0.717) is 30.6 Å². The van der Waals surface area contributed by atoms with E-state index in [0.717, 1.165) is 25.7 Å². The first kappa shape index (κ1) is 15.7. The van der Waals surface area contributed by atoms with Gasteiger partial charge in [0.15, 0.2) is 5.78 Å². The molecule has 5 heteroatoms. The van der Waals surface area contributed by atoms with Gasteiger partial charge in [0.05, 0.1) is 14.2 Å². The standard InChI is InChI=1S/C14H22O5/c1-18-12-9-11(15)14(17)10(12)7-5-3-4-6-8-13(16)19-2/h11,15H,3-9H2,1-2H3/t11-/m0/s1. The van der Waals surface area contributed by atoms with Crippen LogP contribution in [0.1, 0.15) is 44.9 Å². The third-order valence-electron chi connectivity index (χ3n) is 3.35. The Balaban J connectivity index is 2.22. The number of rotatable bonds is 8. The maximum Gasteiger partial charge on any atom is 0.305 e. The predicted molar refractivity (Wildman–Crippen MR) is 69.4 cm³/mol. The molecule has 0 saturated carbocycles. The topological polar surface area (TPSA) is 72.8 Å². The number of esters is 1. The van der Waals surface area contributed by atoms with E-state index in [1.54, 1.807) is 0 Å². The van der Waals surface area contributed by atoms with Crippen molar-refractivity contribution >= 4 is 11.8 Å². The summed E-state index contributed by atoms with van der Waals surface area (Å²) in [7, 11) is 2.91. The number of ketones is 1. The number of hydrogen-bond acceptors (Lipinski definition) is 5. The number of methoxy groups -OCH3 is 2. The Labute approximate surface area is 113 Å². The molecule has 0 amide bonds. The molecule has 0 saturated heterocycles. The third kappa shape index (κ3) is 4.67. The number of aliphatic hydroxyl groups excluding tert-OH is 1. The van der Waals surface area contributed by atoms with Crippen LogP contribution in [0.2, 0.25) is 0 Å². The van der Waals surface area contributed by atoms with Crippen LogP contribution in [0.15, 0.2) is 11.3 Å². The van der Waals surface area contributed by atoms with Crippen molar-refractivity contribution in [1.82, 2.24) is 0 Å². The Morgan fingerprint density at radius 2 is 1.95 bits per heavy atom. The van der Waals surface area contributed by atoms with Gasteiger partial charge >= 0.3 is 5.97 Å². The zero-order chi connectivity index (χ0) is 14.3. The minimum absolute atomic E-state index is 0.182. The number of carbonyl (C=O) groups is 2. The fourth-order valence-corrected chi connectivity index (χ4v) is 2.23. The monoisotopic (exact) mass is 270 g/mol. The summed E-state index contributed by atoms with van der Waals surface area (Å²) in [6, 6.07) is 0. The molecule has 0 aromatic heterocycles. The Morgan fingerprint density at radius 3 is 2.58 bits per heavy atom. The second kappa shape index (κ2) is 7.94. The van der Waals surface area contributed by atoms with Crippen LogP contribution in [0.5, 0.6) is 0 Å². The van der Waals surface area contributed by atoms with Gasteiger partial charge in [0, 0.05) is 18.4 Å². The van der Waals surface area contributed by atoms with E-state index in [-0.39, 0.29) is 11.8 Å². The molecule has 1 aliphatic rings. The first-order chi connectivity index (χ1) is 9.10. The zero-order valence-electron chi connectivity index (χ0n) is 11.6. The molecule has 108 valence electrons. The van der Waals surface area contributed by atoms with E-state index in [9.17, 15) is 14.7 Å². The molecule has 1 rings (SSSR count). The molecule has 0 heterocycles. The molecule has 1 atom stereocenters. The number of hydrogen-bond donors (Lipinski definition) is 1. The average molecular weight is 270 g/mol. The fraction of sp³-hybridized carbons (Fsp3) is 0.714. The van der Waals surface area contributed by atoms with Gasteiger partial charge in [-0.3, -0.25) is 9.59 Å². The van der Waals surface area contributed by atoms with Crippen molar-refractivity contribution in [3.63, 3.8) is 0 Å². The van der Waals surface area contributed by atoms with Crippen LogP contribution < -0.4 is 0 Å². The number of carbonyl (C=O) groups excluding carboxylic acids is 2. The minimum atomic E-state index is -0.927. The highest BCUT2D eigenvalue weighted by atomic mass is 16.5. The van der Waals surface area contributed by atoms with Crippen molar-refractivity contribution in [2.45, 2.75) is 51.0 Å². The van der Waals surface area contributed by atoms with Gasteiger partial charge in [-0.1, -0.05) is 12.8 Å². The molecule has 0 aromatic carbocycles. The van der Waals surface area contributed by atoms with Crippen molar-refractivity contribution in [1.29, 1.82) is 0 Å². The molecule has 0 radical (unpaired) electrons. The van der Waals surface area contributed by atoms with Crippen LogP contribution >= 0.6 is 0 Å². The summed E-state index contributed by atoms with van der Waals surface area (Å²) in [5.41, 5.74) is 0.628. The van der Waals surface area contributed by atoms with Crippen LogP contribution in [-0.2, 0) is 19.1 Å². The lowest BCUT2D eigenvalue weighted by Crippen LogP contribution is -2.15. The summed E-state index contributed by atoms with van der Waals surface area (Å²) >= 11 is 0. The summed E-state index contributed by atoms with van der Waals surface area (Å²) in [6.45, 7) is 0. The molecule has 0 aromatic rings. The Morgan fingerprint density at radius 1 is 1.26 bits per heavy atom. The van der Waals surface area contributed by atoms with E-state index in [1.807, 2.05) is 0 Å². The Bertz CT molecular complexity index is 359. The SMILES string of the molecule is COC(=O)CCCCCCC1=C(OC)C[C@H](O)C1=O. The van der Waals surface area contributed by atoms with E-state index in [2.05, 4.69) is 4.74 Å². The van der Waals surface area contributed by atoms with E-state index in [4.69, 9.17) is 4.74 Å². The molecule has 0 aliphatic heterocycles. The summed E-state index contributed by atoms with van der Waals surface area (Å²) < 4.78 is 9.68. The average Bonchev–Trinajstić information content (AvgIpc) is 2.69. The van der Waals surface area contributed by atoms with Crippen molar-refractivity contribution < 1.29 is 24.2 Å². The molecular formula is C14H22O5. The van der Waals surface area contributed by atoms with E-state index < -0.39 is 6.10 Å². The summed E-state index contributed by atoms with van der Waals surface area (Å²) in [6.07, 6.45) is 4.00. The highest BCUT2D eigenvalue weighted by Crippen LogP contribution is 2.27. The maximum atomic E-state index is 11.7. The van der Waals surface area contributed by atoms with Crippen molar-refractivity contribution in [2.75, 3.05) is 14.2 Å². The van der Waals surface area contributed by atoms with Crippen LogP contribution in [0.4, 0.5) is 0 Å². The lowest BCUT2D eigenvalue weighted by atomic mass is 10.0. The molecule has 5 nitrogen and oxygen atoms in total. The summed E-state index contributed by atoms with van der Waals surface area (Å²) in [5.74, 6) is 0.233. The van der Waals surface area contributed by atoms with E-state index in [1.165, 1.54) is 14.2 Å². The van der Waals surface area contributed by atoms with Crippen LogP contribution in [-0.4, -0.2) is 37.2 Å². The summed E-state index contributed by atoms with van der Waals surface area (Å²) in [4.78, 5) is 22.6. The van der Waals surface area contributed by atoms with Gasteiger partial charge < -0.3 is 14.6 Å². The first-order valence-electron chi connectivity index (χ1n) is 6.65. The number of ether oxygens (including phenoxy) is 2. The Hall–Kier alpha value is -1.36. The van der Waals surface area contributed by atoms with Crippen LogP contribution in [0, 0.1) is 0 Å². The van der Waals surface area contributed by atoms with Gasteiger partial charge in [-0.15, -0.1) is 0 Å². The second-order valence-electron chi connectivity index (χ2n) is 4.68. The predicted octanol–water partition coefficient (Wildman–Crippen LogP) is 1.73. The molecule has 1 aliphatic carbocycles. The number of aliphatic hydroxyl groups is 1. The smallest absolute Gasteiger partial charge is 0.305 e. The second-order valence-corrected chi connectivity index (χ2v) is 4.68. The van der Waals surface area contributed by atoms with Crippen LogP contribution in [0.3, 0.4) is 0 Å². The largest absolute Gasteiger partial charge is 0.501 e. The fourth-order valence-electron chi connectivity index (χ4n) is 2.23. The van der Waals surface area contributed by atoms with Crippen LogP contribution in [0.25, 0.3) is 0 Å². The van der Waals surface area contributed by atoms with Gasteiger partial charge in [0.2, 0.25) is 0 Å². The molecule has 0 bridgehead atoms. The number of Topliss-reactive ketones (excluding diaryl/α,β-unsaturated/α-hetero) is 1. The van der Waals surface area contributed by atoms with Crippen molar-refractivity contribution in [3.8, 4) is 0 Å². The minimum Gasteiger partial charge on any atom is -0.501 e. The molecular weight excluding hydrogens is 248 g/mol. The van der Waals surface area contributed by atoms with Gasteiger partial charge in [-0.2, -0.15) is 0 Å². The first-order valence-corrected chi connectivity index (χ1v) is 6.65. The van der Waals surface area contributed by atoms with Crippen molar-refractivity contribution in [3.05, 3.63) is 11.3 Å². The van der Waals surface area contributed by atoms with Crippen molar-refractivity contribution in [2.24, 2.45) is 0 Å². The van der Waals surface area contributed by atoms with E-state index >= 15 is 0 Å². The third-order valence-corrected chi connectivity index (χ3v) is 3.35. The molecule has 0 fully saturated rings. The quantitative estimate of drug-likeness (QED) is 0.537. The maximum absolute atomic E-state index is 11.7. The van der Waals surface area contributed by atoms with Gasteiger partial charge in [-0.25, -0.2) is 0 Å². The highest BCUT2D eigenvalue weighted by Gasteiger charge is 2.31. The summed E-state index contributed by atoms with van der Waals surface area (Å²) in [5, 5.41) is 9.48. The normalized spacial score (nSPS) is 18.9. The molecule has 1 N–H and O–H groups in total. The lowest BCUT2D eigenvalue weighted by molar-refractivity contribution is -0.140. The highest BCUT2D eigenvalue weighted by molar-refractivity contribution is 6.01. The molecule has 0 unspecified atom stereocenters. The lowest BCUT2D eigenvalue weighted by Gasteiger charge is -2.05. The van der Waals surface area contributed by atoms with Gasteiger partial charge in [-0.05, 0) is 19.3 Å². The molecule has 0 spiro atoms. The molecule has 19 heavy (non-hydrogen) atoms. The zero-order valence-corrected chi connectivity index (χ0v) is 11.6. The van der Waals surface area contributed by atoms with Gasteiger partial charge in [0.1, 0.15) is 11.9 Å². The number of unbranched alkanes of at least 4 members (excludes halogenated alkanes) is 3. The van der Waals surface area contributed by atoms with Gasteiger partial charge in [0.25, 0.3) is 0 Å².